The Morgan fingerprint density at radius 3 is 2.25 bits per heavy atom. The smallest absolute Gasteiger partial charge is 0.262 e. The molecule has 24 heavy (non-hydrogen) atoms. The van der Waals surface area contributed by atoms with Crippen LogP contribution in [-0.2, 0) is 4.79 Å². The average molecular weight is 370 g/mol. The van der Waals surface area contributed by atoms with Crippen LogP contribution < -0.4 is 19.5 Å². The van der Waals surface area contributed by atoms with Crippen molar-refractivity contribution in [1.29, 1.82) is 0 Å². The molecular formula is C17H17Cl2NO4. The van der Waals surface area contributed by atoms with Gasteiger partial charge in [-0.15, -0.1) is 0 Å². The maximum absolute atomic E-state index is 12.1. The van der Waals surface area contributed by atoms with Gasteiger partial charge in [-0.1, -0.05) is 23.2 Å². The second-order valence-corrected chi connectivity index (χ2v) is 5.80. The molecule has 0 aromatic heterocycles. The molecule has 1 amide bonds. The predicted molar refractivity (Wildman–Crippen MR) is 94.9 cm³/mol. The third-order valence-electron chi connectivity index (χ3n) is 3.16. The second kappa shape index (κ2) is 8.13. The van der Waals surface area contributed by atoms with Gasteiger partial charge >= 0.3 is 0 Å². The van der Waals surface area contributed by atoms with Crippen LogP contribution in [-0.4, -0.2) is 26.7 Å². The van der Waals surface area contributed by atoms with Crippen LogP contribution in [0.1, 0.15) is 5.56 Å². The van der Waals surface area contributed by atoms with Crippen molar-refractivity contribution in [2.45, 2.75) is 6.92 Å². The van der Waals surface area contributed by atoms with Crippen LogP contribution in [0.5, 0.6) is 17.2 Å². The number of carbonyl (C=O) groups is 1. The minimum Gasteiger partial charge on any atom is -0.493 e. The number of amides is 1. The summed E-state index contributed by atoms with van der Waals surface area (Å²) in [5.41, 5.74) is 1.41. The zero-order valence-electron chi connectivity index (χ0n) is 13.5. The van der Waals surface area contributed by atoms with Gasteiger partial charge in [0, 0.05) is 5.02 Å². The molecule has 0 atom stereocenters. The summed E-state index contributed by atoms with van der Waals surface area (Å²) in [6.45, 7) is 1.68. The van der Waals surface area contributed by atoms with E-state index >= 15 is 0 Å². The maximum Gasteiger partial charge on any atom is 0.262 e. The lowest BCUT2D eigenvalue weighted by molar-refractivity contribution is -0.118. The molecule has 0 aliphatic rings. The van der Waals surface area contributed by atoms with Crippen LogP contribution in [0.15, 0.2) is 30.3 Å². The van der Waals surface area contributed by atoms with Crippen molar-refractivity contribution in [3.05, 3.63) is 45.9 Å². The molecule has 2 aromatic carbocycles. The lowest BCUT2D eigenvalue weighted by atomic mass is 10.2. The molecule has 1 N–H and O–H groups in total. The van der Waals surface area contributed by atoms with Gasteiger partial charge in [-0.25, -0.2) is 0 Å². The number of hydrogen-bond donors (Lipinski definition) is 1. The summed E-state index contributed by atoms with van der Waals surface area (Å²) in [5.74, 6) is 0.972. The summed E-state index contributed by atoms with van der Waals surface area (Å²) in [5, 5.41) is 3.50. The number of halogens is 2. The molecule has 2 aromatic rings. The molecule has 0 unspecified atom stereocenters. The first-order valence-electron chi connectivity index (χ1n) is 7.05. The number of carbonyl (C=O) groups excluding carboxylic acids is 1. The zero-order chi connectivity index (χ0) is 17.7. The molecule has 0 heterocycles. The van der Waals surface area contributed by atoms with E-state index in [2.05, 4.69) is 5.32 Å². The van der Waals surface area contributed by atoms with Crippen LogP contribution in [0.3, 0.4) is 0 Å². The van der Waals surface area contributed by atoms with E-state index in [9.17, 15) is 4.79 Å². The number of aryl methyl sites for hydroxylation is 1. The summed E-state index contributed by atoms with van der Waals surface area (Å²) in [6, 6.07) is 8.40. The maximum atomic E-state index is 12.1. The van der Waals surface area contributed by atoms with Gasteiger partial charge in [-0.2, -0.15) is 0 Å². The molecule has 0 fully saturated rings. The quantitative estimate of drug-likeness (QED) is 0.822. The van der Waals surface area contributed by atoms with E-state index < -0.39 is 0 Å². The van der Waals surface area contributed by atoms with E-state index in [4.69, 9.17) is 37.4 Å². The lowest BCUT2D eigenvalue weighted by Gasteiger charge is -2.15. The van der Waals surface area contributed by atoms with Crippen molar-refractivity contribution < 1.29 is 19.0 Å². The number of nitrogens with one attached hydrogen (secondary N) is 1. The van der Waals surface area contributed by atoms with Crippen LogP contribution >= 0.6 is 23.2 Å². The Bertz CT molecular complexity index is 724. The van der Waals surface area contributed by atoms with Crippen molar-refractivity contribution in [3.8, 4) is 17.2 Å². The number of methoxy groups -OCH3 is 2. The van der Waals surface area contributed by atoms with Gasteiger partial charge in [0.15, 0.2) is 18.1 Å². The highest BCUT2D eigenvalue weighted by Crippen LogP contribution is 2.38. The monoisotopic (exact) mass is 369 g/mol. The Hall–Kier alpha value is -2.11. The Labute approximate surface area is 150 Å². The molecule has 0 radical (unpaired) electrons. The van der Waals surface area contributed by atoms with Crippen molar-refractivity contribution >= 4 is 34.8 Å². The van der Waals surface area contributed by atoms with E-state index in [1.165, 1.54) is 14.2 Å². The Kier molecular flexibility index (Phi) is 6.17. The summed E-state index contributed by atoms with van der Waals surface area (Å²) in [4.78, 5) is 12.1. The standard InChI is InChI=1S/C17H17Cl2NO4/c1-10-6-14(22-2)17(15(7-10)23-3)24-9-16(21)20-13-5-4-11(18)8-12(13)19/h4-8H,9H2,1-3H3,(H,20,21). The minimum atomic E-state index is -0.371. The fraction of sp³-hybridized carbons (Fsp3) is 0.235. The number of hydrogen-bond acceptors (Lipinski definition) is 4. The predicted octanol–water partition coefficient (Wildman–Crippen LogP) is 4.34. The van der Waals surface area contributed by atoms with E-state index in [0.717, 1.165) is 5.56 Å². The van der Waals surface area contributed by atoms with Crippen molar-refractivity contribution in [2.75, 3.05) is 26.1 Å². The Morgan fingerprint density at radius 2 is 1.71 bits per heavy atom. The number of ether oxygens (including phenoxy) is 3. The van der Waals surface area contributed by atoms with Crippen LogP contribution in [0, 0.1) is 6.92 Å². The minimum absolute atomic E-state index is 0.227. The molecule has 2 rings (SSSR count). The summed E-state index contributed by atoms with van der Waals surface area (Å²) >= 11 is 11.8. The van der Waals surface area contributed by atoms with Crippen molar-refractivity contribution in [1.82, 2.24) is 0 Å². The molecular weight excluding hydrogens is 353 g/mol. The fourth-order valence-electron chi connectivity index (χ4n) is 2.07. The second-order valence-electron chi connectivity index (χ2n) is 4.96. The SMILES string of the molecule is COc1cc(C)cc(OC)c1OCC(=O)Nc1ccc(Cl)cc1Cl. The largest absolute Gasteiger partial charge is 0.493 e. The number of rotatable bonds is 6. The highest BCUT2D eigenvalue weighted by Gasteiger charge is 2.15. The molecule has 0 aliphatic heterocycles. The molecule has 0 saturated heterocycles. The van der Waals surface area contributed by atoms with Gasteiger partial charge in [-0.3, -0.25) is 4.79 Å². The normalized spacial score (nSPS) is 10.2. The molecule has 0 saturated carbocycles. The van der Waals surface area contributed by atoms with Crippen molar-refractivity contribution in [2.24, 2.45) is 0 Å². The van der Waals surface area contributed by atoms with E-state index in [1.54, 1.807) is 30.3 Å². The fourth-order valence-corrected chi connectivity index (χ4v) is 2.52. The number of anilines is 1. The third-order valence-corrected chi connectivity index (χ3v) is 3.71. The first-order chi connectivity index (χ1) is 11.4. The van der Waals surface area contributed by atoms with Gasteiger partial charge in [0.25, 0.3) is 5.91 Å². The van der Waals surface area contributed by atoms with Gasteiger partial charge in [0.2, 0.25) is 5.75 Å². The average Bonchev–Trinajstić information content (AvgIpc) is 2.55. The molecule has 0 spiro atoms. The first-order valence-corrected chi connectivity index (χ1v) is 7.80. The van der Waals surface area contributed by atoms with Crippen LogP contribution in [0.4, 0.5) is 5.69 Å². The van der Waals surface area contributed by atoms with E-state index in [0.29, 0.717) is 33.0 Å². The highest BCUT2D eigenvalue weighted by atomic mass is 35.5. The molecule has 0 aliphatic carbocycles. The van der Waals surface area contributed by atoms with E-state index in [1.807, 2.05) is 6.92 Å². The lowest BCUT2D eigenvalue weighted by Crippen LogP contribution is -2.20. The van der Waals surface area contributed by atoms with Gasteiger partial charge in [-0.05, 0) is 42.8 Å². The molecule has 128 valence electrons. The summed E-state index contributed by atoms with van der Waals surface area (Å²) in [6.07, 6.45) is 0. The van der Waals surface area contributed by atoms with Gasteiger partial charge in [0.1, 0.15) is 0 Å². The third kappa shape index (κ3) is 4.46. The Morgan fingerprint density at radius 1 is 1.08 bits per heavy atom. The topological polar surface area (TPSA) is 56.8 Å². The summed E-state index contributed by atoms with van der Waals surface area (Å²) < 4.78 is 16.1. The van der Waals surface area contributed by atoms with Crippen LogP contribution in [0.25, 0.3) is 0 Å². The Balaban J connectivity index is 2.09. The first kappa shape index (κ1) is 18.2. The number of benzene rings is 2. The van der Waals surface area contributed by atoms with Gasteiger partial charge in [0.05, 0.1) is 24.9 Å². The molecule has 0 bridgehead atoms. The zero-order valence-corrected chi connectivity index (χ0v) is 15.0. The summed E-state index contributed by atoms with van der Waals surface area (Å²) in [7, 11) is 3.04. The van der Waals surface area contributed by atoms with Gasteiger partial charge < -0.3 is 19.5 Å². The molecule has 5 nitrogen and oxygen atoms in total. The van der Waals surface area contributed by atoms with Crippen molar-refractivity contribution in [3.63, 3.8) is 0 Å². The van der Waals surface area contributed by atoms with Crippen LogP contribution in [0.2, 0.25) is 10.0 Å². The highest BCUT2D eigenvalue weighted by molar-refractivity contribution is 6.36. The van der Waals surface area contributed by atoms with E-state index in [-0.39, 0.29) is 12.5 Å². The molecule has 7 heteroatoms.